The maximum absolute atomic E-state index is 4.94. The minimum atomic E-state index is 0.728. The Hall–Kier alpha value is -1.92. The van der Waals surface area contributed by atoms with Crippen LogP contribution < -0.4 is 4.90 Å². The fourth-order valence-electron chi connectivity index (χ4n) is 4.89. The Labute approximate surface area is 181 Å². The minimum Gasteiger partial charge on any atom is -0.355 e. The lowest BCUT2D eigenvalue weighted by atomic mass is 10.0. The van der Waals surface area contributed by atoms with Crippen LogP contribution in [0.15, 0.2) is 24.4 Å². The molecule has 0 saturated carbocycles. The Balaban J connectivity index is 1.36. The number of likely N-dealkylation sites (tertiary alicyclic amines) is 1. The van der Waals surface area contributed by atoms with Gasteiger partial charge in [0.2, 0.25) is 0 Å². The third kappa shape index (κ3) is 4.86. The first-order valence-electron chi connectivity index (χ1n) is 11.9. The van der Waals surface area contributed by atoms with E-state index in [2.05, 4.69) is 63.6 Å². The van der Waals surface area contributed by atoms with Gasteiger partial charge in [-0.3, -0.25) is 4.90 Å². The van der Waals surface area contributed by atoms with Gasteiger partial charge in [-0.1, -0.05) is 19.9 Å². The topological polar surface area (TPSA) is 51.3 Å². The maximum Gasteiger partial charge on any atom is 0.156 e. The van der Waals surface area contributed by atoms with Crippen molar-refractivity contribution in [1.29, 1.82) is 0 Å². The number of pyridine rings is 1. The van der Waals surface area contributed by atoms with E-state index in [1.165, 1.54) is 45.3 Å². The number of nitrogens with zero attached hydrogens (tertiary/aromatic N) is 5. The van der Waals surface area contributed by atoms with Crippen LogP contribution in [-0.2, 0) is 6.42 Å². The highest BCUT2D eigenvalue weighted by atomic mass is 15.3. The summed E-state index contributed by atoms with van der Waals surface area (Å²) in [7, 11) is 0. The van der Waals surface area contributed by atoms with E-state index >= 15 is 0 Å². The number of hydrogen-bond donors (Lipinski definition) is 1. The average molecular weight is 411 g/mol. The number of piperidine rings is 1. The largest absolute Gasteiger partial charge is 0.355 e. The average Bonchev–Trinajstić information content (AvgIpc) is 3.15. The Morgan fingerprint density at radius 3 is 2.60 bits per heavy atom. The Bertz CT molecular complexity index is 794. The fraction of sp³-hybridized carbons (Fsp3) is 0.667. The van der Waals surface area contributed by atoms with Gasteiger partial charge >= 0.3 is 0 Å². The van der Waals surface area contributed by atoms with Crippen molar-refractivity contribution in [2.45, 2.75) is 65.0 Å². The fourth-order valence-corrected chi connectivity index (χ4v) is 4.89. The van der Waals surface area contributed by atoms with Crippen LogP contribution in [0.4, 0.5) is 5.82 Å². The number of nitrogens with one attached hydrogen (secondary N) is 1. The lowest BCUT2D eigenvalue weighted by Gasteiger charge is -2.40. The third-order valence-electron chi connectivity index (χ3n) is 7.05. The Kier molecular flexibility index (Phi) is 7.05. The molecule has 0 unspecified atom stereocenters. The maximum atomic E-state index is 4.94. The van der Waals surface area contributed by atoms with Crippen molar-refractivity contribution < 1.29 is 0 Å². The summed E-state index contributed by atoms with van der Waals surface area (Å²) in [5.74, 6) is 1.95. The van der Waals surface area contributed by atoms with Crippen LogP contribution >= 0.6 is 0 Å². The molecule has 2 aromatic heterocycles. The molecule has 2 fully saturated rings. The molecule has 4 heterocycles. The molecule has 1 N–H and O–H groups in total. The lowest BCUT2D eigenvalue weighted by Crippen LogP contribution is -2.48. The van der Waals surface area contributed by atoms with E-state index in [1.807, 2.05) is 6.20 Å². The van der Waals surface area contributed by atoms with Crippen LogP contribution in [0, 0.1) is 0 Å². The van der Waals surface area contributed by atoms with Gasteiger partial charge < -0.3 is 14.8 Å². The highest BCUT2D eigenvalue weighted by Crippen LogP contribution is 2.23. The molecule has 164 valence electrons. The van der Waals surface area contributed by atoms with Crippen molar-refractivity contribution in [3.8, 4) is 11.5 Å². The van der Waals surface area contributed by atoms with E-state index in [0.717, 1.165) is 61.2 Å². The van der Waals surface area contributed by atoms with Gasteiger partial charge in [0.1, 0.15) is 11.5 Å². The van der Waals surface area contributed by atoms with Crippen LogP contribution in [0.25, 0.3) is 11.5 Å². The molecule has 2 saturated heterocycles. The summed E-state index contributed by atoms with van der Waals surface area (Å²) in [4.78, 5) is 20.8. The van der Waals surface area contributed by atoms with Crippen molar-refractivity contribution in [2.75, 3.05) is 44.2 Å². The predicted octanol–water partition coefficient (Wildman–Crippen LogP) is 3.81. The highest BCUT2D eigenvalue weighted by Gasteiger charge is 2.27. The SMILES string of the molecule is CCc1c[nH]c(-c2cccc(N3CCCN(C4CCN([C@H](C)CC)CC4)CC3)n2)n1. The van der Waals surface area contributed by atoms with Crippen LogP contribution in [0.1, 0.15) is 52.1 Å². The van der Waals surface area contributed by atoms with Gasteiger partial charge in [-0.2, -0.15) is 0 Å². The summed E-state index contributed by atoms with van der Waals surface area (Å²) in [6, 6.07) is 7.79. The van der Waals surface area contributed by atoms with E-state index in [-0.39, 0.29) is 0 Å². The number of H-pyrrole nitrogens is 1. The van der Waals surface area contributed by atoms with Gasteiger partial charge in [0.25, 0.3) is 0 Å². The van der Waals surface area contributed by atoms with Gasteiger partial charge in [0.05, 0.1) is 5.69 Å². The lowest BCUT2D eigenvalue weighted by molar-refractivity contribution is 0.0906. The quantitative estimate of drug-likeness (QED) is 0.785. The Morgan fingerprint density at radius 2 is 1.87 bits per heavy atom. The van der Waals surface area contributed by atoms with E-state index in [9.17, 15) is 0 Å². The van der Waals surface area contributed by atoms with Gasteiger partial charge in [-0.15, -0.1) is 0 Å². The number of rotatable bonds is 6. The first kappa shape index (κ1) is 21.3. The second kappa shape index (κ2) is 9.92. The van der Waals surface area contributed by atoms with E-state index in [4.69, 9.17) is 4.98 Å². The molecule has 2 aromatic rings. The minimum absolute atomic E-state index is 0.728. The van der Waals surface area contributed by atoms with Crippen LogP contribution in [-0.4, -0.2) is 76.1 Å². The first-order valence-corrected chi connectivity index (χ1v) is 11.9. The normalized spacial score (nSPS) is 21.0. The van der Waals surface area contributed by atoms with Crippen LogP contribution in [0.5, 0.6) is 0 Å². The number of hydrogen-bond acceptors (Lipinski definition) is 5. The van der Waals surface area contributed by atoms with Gasteiger partial charge in [-0.05, 0) is 64.3 Å². The zero-order chi connectivity index (χ0) is 20.9. The molecule has 1 atom stereocenters. The number of imidazole rings is 1. The molecule has 6 nitrogen and oxygen atoms in total. The molecule has 0 radical (unpaired) electrons. The summed E-state index contributed by atoms with van der Waals surface area (Å²) in [6.07, 6.45) is 8.02. The molecule has 0 bridgehead atoms. The Morgan fingerprint density at radius 1 is 1.03 bits per heavy atom. The summed E-state index contributed by atoms with van der Waals surface area (Å²) >= 11 is 0. The molecule has 0 aliphatic carbocycles. The van der Waals surface area contributed by atoms with Gasteiger partial charge in [-0.25, -0.2) is 9.97 Å². The molecule has 2 aliphatic heterocycles. The van der Waals surface area contributed by atoms with Crippen molar-refractivity contribution in [1.82, 2.24) is 24.8 Å². The summed E-state index contributed by atoms with van der Waals surface area (Å²) < 4.78 is 0. The van der Waals surface area contributed by atoms with Gasteiger partial charge in [0, 0.05) is 44.5 Å². The van der Waals surface area contributed by atoms with Crippen molar-refractivity contribution >= 4 is 5.82 Å². The van der Waals surface area contributed by atoms with E-state index < -0.39 is 0 Å². The summed E-state index contributed by atoms with van der Waals surface area (Å²) in [5.41, 5.74) is 2.02. The molecular weight excluding hydrogens is 372 g/mol. The summed E-state index contributed by atoms with van der Waals surface area (Å²) in [6.45, 7) is 13.8. The predicted molar refractivity (Wildman–Crippen MR) is 124 cm³/mol. The van der Waals surface area contributed by atoms with E-state index in [1.54, 1.807) is 0 Å². The first-order chi connectivity index (χ1) is 14.7. The number of aromatic nitrogens is 3. The zero-order valence-electron chi connectivity index (χ0n) is 19.0. The molecular formula is C24H38N6. The molecule has 30 heavy (non-hydrogen) atoms. The van der Waals surface area contributed by atoms with Gasteiger partial charge in [0.15, 0.2) is 5.82 Å². The molecule has 6 heteroatoms. The smallest absolute Gasteiger partial charge is 0.156 e. The zero-order valence-corrected chi connectivity index (χ0v) is 19.0. The molecule has 0 amide bonds. The monoisotopic (exact) mass is 410 g/mol. The highest BCUT2D eigenvalue weighted by molar-refractivity contribution is 5.54. The molecule has 0 spiro atoms. The summed E-state index contributed by atoms with van der Waals surface area (Å²) in [5, 5.41) is 0. The second-order valence-electron chi connectivity index (χ2n) is 8.88. The number of aryl methyl sites for hydroxylation is 1. The van der Waals surface area contributed by atoms with Crippen LogP contribution in [0.2, 0.25) is 0 Å². The third-order valence-corrected chi connectivity index (χ3v) is 7.05. The van der Waals surface area contributed by atoms with E-state index in [0.29, 0.717) is 0 Å². The standard InChI is InChI=1S/C24H38N6/c1-4-19(3)28-14-10-21(11-15-28)29-12-7-13-30(17-16-29)23-9-6-8-22(27-23)24-25-18-20(5-2)26-24/h6,8-9,18-19,21H,4-5,7,10-17H2,1-3H3,(H,25,26)/t19-/m1/s1. The number of aromatic amines is 1. The molecule has 4 rings (SSSR count). The molecule has 0 aromatic carbocycles. The van der Waals surface area contributed by atoms with Crippen LogP contribution in [0.3, 0.4) is 0 Å². The van der Waals surface area contributed by atoms with Crippen molar-refractivity contribution in [3.63, 3.8) is 0 Å². The second-order valence-corrected chi connectivity index (χ2v) is 8.88. The van der Waals surface area contributed by atoms with Crippen molar-refractivity contribution in [2.24, 2.45) is 0 Å². The van der Waals surface area contributed by atoms with Crippen molar-refractivity contribution in [3.05, 3.63) is 30.1 Å². The number of anilines is 1. The molecule has 2 aliphatic rings.